The first-order chi connectivity index (χ1) is 7.27. The van der Waals surface area contributed by atoms with Crippen LogP contribution in [-0.2, 0) is 9.05 Å². The molecule has 0 spiro atoms. The molecule has 0 fully saturated rings. The summed E-state index contributed by atoms with van der Waals surface area (Å²) in [4.78, 5) is 2.79. The second-order valence-electron chi connectivity index (χ2n) is 2.61. The van der Waals surface area contributed by atoms with Gasteiger partial charge >= 0.3 is 0 Å². The fourth-order valence-electron chi connectivity index (χ4n) is 1.04. The summed E-state index contributed by atoms with van der Waals surface area (Å²) < 4.78 is 52.2. The fraction of sp³-hybridized carbons (Fsp3) is 0.286. The van der Waals surface area contributed by atoms with Crippen molar-refractivity contribution in [2.45, 2.75) is 11.3 Å². The first kappa shape index (κ1) is 13.6. The second-order valence-corrected chi connectivity index (χ2v) is 5.93. The average molecular weight is 337 g/mol. The van der Waals surface area contributed by atoms with Crippen LogP contribution in [0.15, 0.2) is 15.6 Å². The van der Waals surface area contributed by atoms with Crippen molar-refractivity contribution < 1.29 is 21.9 Å². The van der Waals surface area contributed by atoms with Gasteiger partial charge in [-0.05, 0) is 22.0 Å². The van der Waals surface area contributed by atoms with Crippen molar-refractivity contribution in [1.82, 2.24) is 4.98 Å². The van der Waals surface area contributed by atoms with Gasteiger partial charge in [0.05, 0.1) is 7.11 Å². The Balaban J connectivity index is 3.65. The van der Waals surface area contributed by atoms with Crippen LogP contribution < -0.4 is 4.74 Å². The Kier molecular flexibility index (Phi) is 4.08. The molecule has 0 saturated carbocycles. The fourth-order valence-corrected chi connectivity index (χ4v) is 2.68. The maximum Gasteiger partial charge on any atom is 0.267 e. The minimum absolute atomic E-state index is 0.0312. The quantitative estimate of drug-likeness (QED) is 0.629. The highest BCUT2D eigenvalue weighted by molar-refractivity contribution is 9.10. The molecular formula is C7H5BrClF2NO3S. The standard InChI is InChI=1S/C7H5BrClF2NO3S/c1-15-7-5(16(9,13)14)3(6(10)11)2-4(8)12-7/h2,6H,1H3. The predicted octanol–water partition coefficient (Wildman–Crippen LogP) is 2.72. The summed E-state index contributed by atoms with van der Waals surface area (Å²) in [5.41, 5.74) is -0.756. The van der Waals surface area contributed by atoms with E-state index < -0.39 is 31.8 Å². The topological polar surface area (TPSA) is 56.3 Å². The SMILES string of the molecule is COc1nc(Br)cc(C(F)F)c1S(=O)(=O)Cl. The molecule has 16 heavy (non-hydrogen) atoms. The molecular weight excluding hydrogens is 332 g/mol. The van der Waals surface area contributed by atoms with Gasteiger partial charge in [-0.1, -0.05) is 0 Å². The van der Waals surface area contributed by atoms with Crippen molar-refractivity contribution >= 4 is 35.7 Å². The Labute approximate surface area is 103 Å². The Morgan fingerprint density at radius 1 is 1.56 bits per heavy atom. The molecule has 1 aromatic heterocycles. The van der Waals surface area contributed by atoms with Gasteiger partial charge in [0, 0.05) is 16.2 Å². The summed E-state index contributed by atoms with van der Waals surface area (Å²) in [6.45, 7) is 0. The van der Waals surface area contributed by atoms with E-state index in [1.165, 1.54) is 0 Å². The number of pyridine rings is 1. The van der Waals surface area contributed by atoms with Gasteiger partial charge < -0.3 is 4.74 Å². The van der Waals surface area contributed by atoms with Crippen LogP contribution in [0.5, 0.6) is 5.88 Å². The maximum atomic E-state index is 12.6. The van der Waals surface area contributed by atoms with E-state index in [2.05, 4.69) is 25.7 Å². The highest BCUT2D eigenvalue weighted by Gasteiger charge is 2.28. The molecule has 0 bridgehead atoms. The first-order valence-electron chi connectivity index (χ1n) is 3.74. The van der Waals surface area contributed by atoms with E-state index >= 15 is 0 Å². The monoisotopic (exact) mass is 335 g/mol. The van der Waals surface area contributed by atoms with Crippen LogP contribution in [0.2, 0.25) is 0 Å². The summed E-state index contributed by atoms with van der Waals surface area (Å²) in [6.07, 6.45) is -3.00. The van der Waals surface area contributed by atoms with Crippen molar-refractivity contribution in [1.29, 1.82) is 0 Å². The molecule has 0 unspecified atom stereocenters. The lowest BCUT2D eigenvalue weighted by molar-refractivity contribution is 0.146. The Morgan fingerprint density at radius 3 is 2.50 bits per heavy atom. The largest absolute Gasteiger partial charge is 0.480 e. The summed E-state index contributed by atoms with van der Waals surface area (Å²) in [5, 5.41) is 0. The summed E-state index contributed by atoms with van der Waals surface area (Å²) in [7, 11) is 1.80. The van der Waals surface area contributed by atoms with Gasteiger partial charge in [0.15, 0.2) is 4.90 Å². The molecule has 90 valence electrons. The van der Waals surface area contributed by atoms with Crippen LogP contribution in [0.25, 0.3) is 0 Å². The minimum Gasteiger partial charge on any atom is -0.480 e. The van der Waals surface area contributed by atoms with Crippen molar-refractivity contribution in [3.8, 4) is 5.88 Å². The molecule has 0 aromatic carbocycles. The molecule has 4 nitrogen and oxygen atoms in total. The molecule has 1 heterocycles. The lowest BCUT2D eigenvalue weighted by atomic mass is 10.3. The van der Waals surface area contributed by atoms with Crippen molar-refractivity contribution in [3.63, 3.8) is 0 Å². The zero-order valence-corrected chi connectivity index (χ0v) is 10.9. The first-order valence-corrected chi connectivity index (χ1v) is 6.85. The van der Waals surface area contributed by atoms with Gasteiger partial charge in [-0.3, -0.25) is 0 Å². The minimum atomic E-state index is -4.35. The van der Waals surface area contributed by atoms with E-state index in [0.29, 0.717) is 0 Å². The maximum absolute atomic E-state index is 12.6. The molecule has 0 aliphatic carbocycles. The molecule has 0 radical (unpaired) electrons. The second kappa shape index (κ2) is 4.80. The number of methoxy groups -OCH3 is 1. The van der Waals surface area contributed by atoms with Crippen LogP contribution in [0.1, 0.15) is 12.0 Å². The predicted molar refractivity (Wildman–Crippen MR) is 56.5 cm³/mol. The number of ether oxygens (including phenoxy) is 1. The van der Waals surface area contributed by atoms with Crippen LogP contribution >= 0.6 is 26.6 Å². The Hall–Kier alpha value is -0.470. The third-order valence-electron chi connectivity index (χ3n) is 1.61. The number of alkyl halides is 2. The molecule has 0 aliphatic heterocycles. The van der Waals surface area contributed by atoms with Gasteiger partial charge in [-0.25, -0.2) is 22.2 Å². The number of halogens is 4. The van der Waals surface area contributed by atoms with Crippen molar-refractivity contribution in [2.75, 3.05) is 7.11 Å². The number of hydrogen-bond acceptors (Lipinski definition) is 4. The van der Waals surface area contributed by atoms with E-state index in [0.717, 1.165) is 13.2 Å². The van der Waals surface area contributed by atoms with E-state index in [1.54, 1.807) is 0 Å². The number of nitrogens with zero attached hydrogens (tertiary/aromatic N) is 1. The zero-order valence-electron chi connectivity index (χ0n) is 7.75. The molecule has 0 amide bonds. The van der Waals surface area contributed by atoms with Crippen LogP contribution in [-0.4, -0.2) is 20.5 Å². The van der Waals surface area contributed by atoms with Gasteiger partial charge in [-0.15, -0.1) is 0 Å². The summed E-state index contributed by atoms with van der Waals surface area (Å²) >= 11 is 2.86. The normalized spacial score (nSPS) is 11.9. The van der Waals surface area contributed by atoms with E-state index in [9.17, 15) is 17.2 Å². The molecule has 0 N–H and O–H groups in total. The third-order valence-corrected chi connectivity index (χ3v) is 3.38. The van der Waals surface area contributed by atoms with Gasteiger partial charge in [0.2, 0.25) is 5.88 Å². The highest BCUT2D eigenvalue weighted by atomic mass is 79.9. The Morgan fingerprint density at radius 2 is 2.12 bits per heavy atom. The van der Waals surface area contributed by atoms with E-state index in [-0.39, 0.29) is 4.60 Å². The highest BCUT2D eigenvalue weighted by Crippen LogP contribution is 2.36. The zero-order chi connectivity index (χ0) is 12.5. The van der Waals surface area contributed by atoms with Crippen molar-refractivity contribution in [2.24, 2.45) is 0 Å². The average Bonchev–Trinajstić information content (AvgIpc) is 2.14. The van der Waals surface area contributed by atoms with E-state index in [4.69, 9.17) is 10.7 Å². The number of hydrogen-bond donors (Lipinski definition) is 0. The van der Waals surface area contributed by atoms with Gasteiger partial charge in [0.1, 0.15) is 4.60 Å². The van der Waals surface area contributed by atoms with Gasteiger partial charge in [-0.2, -0.15) is 0 Å². The summed E-state index contributed by atoms with van der Waals surface area (Å²) in [6, 6.07) is 0.877. The van der Waals surface area contributed by atoms with Gasteiger partial charge in [0.25, 0.3) is 15.5 Å². The summed E-state index contributed by atoms with van der Waals surface area (Å²) in [5.74, 6) is -0.473. The van der Waals surface area contributed by atoms with Crippen LogP contribution in [0.3, 0.4) is 0 Å². The molecule has 0 atom stereocenters. The molecule has 1 aromatic rings. The third kappa shape index (κ3) is 2.80. The lowest BCUT2D eigenvalue weighted by Crippen LogP contribution is -2.04. The number of rotatable bonds is 3. The lowest BCUT2D eigenvalue weighted by Gasteiger charge is -2.10. The van der Waals surface area contributed by atoms with Crippen molar-refractivity contribution in [3.05, 3.63) is 16.2 Å². The van der Waals surface area contributed by atoms with Crippen LogP contribution in [0.4, 0.5) is 8.78 Å². The van der Waals surface area contributed by atoms with Crippen LogP contribution in [0, 0.1) is 0 Å². The Bertz CT molecular complexity index is 509. The molecule has 0 aliphatic rings. The smallest absolute Gasteiger partial charge is 0.267 e. The number of aromatic nitrogens is 1. The molecule has 1 rings (SSSR count). The molecule has 0 saturated heterocycles. The van der Waals surface area contributed by atoms with E-state index in [1.807, 2.05) is 0 Å². The molecule has 9 heteroatoms.